The summed E-state index contributed by atoms with van der Waals surface area (Å²) in [5, 5.41) is 0. The van der Waals surface area contributed by atoms with Crippen LogP contribution in [0.1, 0.15) is 60.5 Å². The molecule has 2 aliphatic rings. The third kappa shape index (κ3) is 3.29. The van der Waals surface area contributed by atoms with Gasteiger partial charge in [0, 0.05) is 30.6 Å². The van der Waals surface area contributed by atoms with E-state index in [0.717, 1.165) is 55.5 Å². The van der Waals surface area contributed by atoms with Crippen molar-refractivity contribution in [3.8, 4) is 0 Å². The smallest absolute Gasteiger partial charge is 0.254 e. The summed E-state index contributed by atoms with van der Waals surface area (Å²) >= 11 is 0. The summed E-state index contributed by atoms with van der Waals surface area (Å²) in [5.74, 6) is -0.460. The van der Waals surface area contributed by atoms with Gasteiger partial charge in [0.15, 0.2) is 5.79 Å². The molecule has 0 aromatic heterocycles. The Hall–Kier alpha value is -1.39. The van der Waals surface area contributed by atoms with E-state index in [9.17, 15) is 4.79 Å². The normalized spacial score (nSPS) is 20.7. The number of nitrogens with zero attached hydrogens (tertiary/aromatic N) is 1. The number of hydrogen-bond acceptors (Lipinski definition) is 3. The van der Waals surface area contributed by atoms with Crippen molar-refractivity contribution >= 4 is 5.91 Å². The van der Waals surface area contributed by atoms with Crippen molar-refractivity contribution in [1.29, 1.82) is 0 Å². The second-order valence-corrected chi connectivity index (χ2v) is 6.58. The second kappa shape index (κ2) is 7.02. The molecule has 1 aromatic carbocycles. The summed E-state index contributed by atoms with van der Waals surface area (Å²) in [6.07, 6.45) is 5.30. The first-order valence-electron chi connectivity index (χ1n) is 8.84. The van der Waals surface area contributed by atoms with E-state index in [1.54, 1.807) is 0 Å². The van der Waals surface area contributed by atoms with Gasteiger partial charge in [-0.2, -0.15) is 0 Å². The summed E-state index contributed by atoms with van der Waals surface area (Å²) in [4.78, 5) is 14.7. The fourth-order valence-electron chi connectivity index (χ4n) is 3.65. The Labute approximate surface area is 138 Å². The summed E-state index contributed by atoms with van der Waals surface area (Å²) in [6.45, 7) is 7.17. The van der Waals surface area contributed by atoms with Crippen molar-refractivity contribution < 1.29 is 14.3 Å². The molecule has 0 radical (unpaired) electrons. The lowest BCUT2D eigenvalue weighted by atomic mass is 9.95. The van der Waals surface area contributed by atoms with Crippen molar-refractivity contribution in [3.05, 3.63) is 34.9 Å². The third-order valence-electron chi connectivity index (χ3n) is 4.87. The first-order valence-corrected chi connectivity index (χ1v) is 8.84. The van der Waals surface area contributed by atoms with Gasteiger partial charge in [-0.25, -0.2) is 0 Å². The van der Waals surface area contributed by atoms with Crippen LogP contribution in [0.3, 0.4) is 0 Å². The van der Waals surface area contributed by atoms with Crippen molar-refractivity contribution in [2.24, 2.45) is 0 Å². The number of hydrogen-bond donors (Lipinski definition) is 0. The number of aryl methyl sites for hydroxylation is 1. The molecule has 0 aliphatic carbocycles. The molecular weight excluding hydrogens is 290 g/mol. The molecule has 0 bridgehead atoms. The molecule has 0 atom stereocenters. The highest BCUT2D eigenvalue weighted by Crippen LogP contribution is 2.36. The number of ether oxygens (including phenoxy) is 2. The zero-order valence-corrected chi connectivity index (χ0v) is 14.3. The molecule has 2 heterocycles. The molecule has 0 spiro atoms. The number of piperidine rings is 1. The maximum absolute atomic E-state index is 12.7. The molecule has 0 unspecified atom stereocenters. The van der Waals surface area contributed by atoms with Crippen LogP contribution in [0.25, 0.3) is 0 Å². The zero-order valence-electron chi connectivity index (χ0n) is 14.3. The fraction of sp³-hybridized carbons (Fsp3) is 0.632. The average Bonchev–Trinajstić information content (AvgIpc) is 3.05. The van der Waals surface area contributed by atoms with Crippen LogP contribution in [0.15, 0.2) is 18.2 Å². The van der Waals surface area contributed by atoms with Gasteiger partial charge in [0.1, 0.15) is 0 Å². The lowest BCUT2D eigenvalue weighted by Gasteiger charge is -2.29. The summed E-state index contributed by atoms with van der Waals surface area (Å²) in [7, 11) is 0. The van der Waals surface area contributed by atoms with E-state index in [1.165, 1.54) is 6.42 Å². The van der Waals surface area contributed by atoms with Crippen molar-refractivity contribution in [1.82, 2.24) is 4.90 Å². The lowest BCUT2D eigenvalue weighted by molar-refractivity contribution is -0.171. The van der Waals surface area contributed by atoms with Gasteiger partial charge in [-0.3, -0.25) is 4.79 Å². The third-order valence-corrected chi connectivity index (χ3v) is 4.87. The van der Waals surface area contributed by atoms with Crippen LogP contribution in [0.2, 0.25) is 0 Å². The Morgan fingerprint density at radius 2 is 1.87 bits per heavy atom. The van der Waals surface area contributed by atoms with Crippen LogP contribution in [0.4, 0.5) is 0 Å². The summed E-state index contributed by atoms with van der Waals surface area (Å²) in [5.41, 5.74) is 2.84. The van der Waals surface area contributed by atoms with Crippen LogP contribution < -0.4 is 0 Å². The van der Waals surface area contributed by atoms with Gasteiger partial charge in [-0.1, -0.05) is 19.4 Å². The number of benzene rings is 1. The number of amides is 1. The Bertz CT molecular complexity index is 558. The Kier molecular flexibility index (Phi) is 5.02. The fourth-order valence-corrected chi connectivity index (χ4v) is 3.65. The highest BCUT2D eigenvalue weighted by Gasteiger charge is 2.38. The monoisotopic (exact) mass is 317 g/mol. The minimum Gasteiger partial charge on any atom is -0.343 e. The number of carbonyl (C=O) groups is 1. The largest absolute Gasteiger partial charge is 0.343 e. The number of rotatable bonds is 4. The van der Waals surface area contributed by atoms with Crippen LogP contribution in [-0.4, -0.2) is 37.1 Å². The van der Waals surface area contributed by atoms with Crippen molar-refractivity contribution in [2.45, 2.75) is 51.7 Å². The molecule has 0 saturated carbocycles. The van der Waals surface area contributed by atoms with Crippen LogP contribution >= 0.6 is 0 Å². The van der Waals surface area contributed by atoms with Crippen LogP contribution in [0.5, 0.6) is 0 Å². The molecule has 2 saturated heterocycles. The van der Waals surface area contributed by atoms with E-state index >= 15 is 0 Å². The van der Waals surface area contributed by atoms with E-state index in [1.807, 2.05) is 24.0 Å². The zero-order chi connectivity index (χ0) is 16.3. The minimum absolute atomic E-state index is 0.159. The molecular formula is C19H27NO3. The number of carbonyl (C=O) groups excluding carboxylic acids is 1. The van der Waals surface area contributed by atoms with Crippen molar-refractivity contribution in [3.63, 3.8) is 0 Å². The highest BCUT2D eigenvalue weighted by atomic mass is 16.7. The maximum atomic E-state index is 12.7. The quantitative estimate of drug-likeness (QED) is 0.851. The van der Waals surface area contributed by atoms with Gasteiger partial charge in [0.05, 0.1) is 13.2 Å². The Balaban J connectivity index is 1.84. The molecule has 1 amide bonds. The van der Waals surface area contributed by atoms with Gasteiger partial charge in [-0.15, -0.1) is 0 Å². The molecule has 23 heavy (non-hydrogen) atoms. The molecule has 1 aromatic rings. The standard InChI is InChI=1S/C19H27NO3/c1-3-9-19(22-12-13-23-19)16-7-8-17(15(2)14-16)18(21)20-10-5-4-6-11-20/h7-8,14H,3-6,9-13H2,1-2H3. The van der Waals surface area contributed by atoms with Crippen LogP contribution in [-0.2, 0) is 15.3 Å². The summed E-state index contributed by atoms with van der Waals surface area (Å²) < 4.78 is 11.8. The topological polar surface area (TPSA) is 38.8 Å². The second-order valence-electron chi connectivity index (χ2n) is 6.58. The maximum Gasteiger partial charge on any atom is 0.254 e. The van der Waals surface area contributed by atoms with E-state index in [-0.39, 0.29) is 5.91 Å². The Morgan fingerprint density at radius 1 is 1.17 bits per heavy atom. The Morgan fingerprint density at radius 3 is 2.48 bits per heavy atom. The van der Waals surface area contributed by atoms with E-state index in [0.29, 0.717) is 13.2 Å². The predicted molar refractivity (Wildman–Crippen MR) is 89.4 cm³/mol. The van der Waals surface area contributed by atoms with Gasteiger partial charge in [-0.05, 0) is 43.9 Å². The van der Waals surface area contributed by atoms with Gasteiger partial charge in [0.25, 0.3) is 5.91 Å². The van der Waals surface area contributed by atoms with Gasteiger partial charge >= 0.3 is 0 Å². The molecule has 4 heteroatoms. The lowest BCUT2D eigenvalue weighted by Crippen LogP contribution is -2.36. The predicted octanol–water partition coefficient (Wildman–Crippen LogP) is 3.62. The van der Waals surface area contributed by atoms with Gasteiger partial charge < -0.3 is 14.4 Å². The van der Waals surface area contributed by atoms with Gasteiger partial charge in [0.2, 0.25) is 0 Å². The molecule has 3 rings (SSSR count). The van der Waals surface area contributed by atoms with Crippen molar-refractivity contribution in [2.75, 3.05) is 26.3 Å². The first-order chi connectivity index (χ1) is 11.2. The summed E-state index contributed by atoms with van der Waals surface area (Å²) in [6, 6.07) is 6.02. The van der Waals surface area contributed by atoms with E-state index < -0.39 is 5.79 Å². The molecule has 2 aliphatic heterocycles. The van der Waals surface area contributed by atoms with E-state index in [4.69, 9.17) is 9.47 Å². The number of likely N-dealkylation sites (tertiary alicyclic amines) is 1. The average molecular weight is 317 g/mol. The molecule has 126 valence electrons. The first kappa shape index (κ1) is 16.5. The van der Waals surface area contributed by atoms with E-state index in [2.05, 4.69) is 13.0 Å². The molecule has 4 nitrogen and oxygen atoms in total. The van der Waals surface area contributed by atoms with Crippen LogP contribution in [0, 0.1) is 6.92 Å². The highest BCUT2D eigenvalue weighted by molar-refractivity contribution is 5.95. The SMILES string of the molecule is CCCC1(c2ccc(C(=O)N3CCCCC3)c(C)c2)OCCO1. The molecule has 2 fully saturated rings. The minimum atomic E-state index is -0.619. The molecule has 0 N–H and O–H groups in total.